The number of benzene rings is 2. The molecule has 0 aliphatic heterocycles. The maximum Gasteiger partial charge on any atom is 0.159 e. The van der Waals surface area contributed by atoms with E-state index in [0.29, 0.717) is 22.7 Å². The lowest BCUT2D eigenvalue weighted by atomic mass is 10.1. The van der Waals surface area contributed by atoms with E-state index in [1.54, 1.807) is 36.4 Å². The van der Waals surface area contributed by atoms with Crippen LogP contribution in [-0.2, 0) is 0 Å². The molecule has 0 heterocycles. The van der Waals surface area contributed by atoms with Gasteiger partial charge in [-0.3, -0.25) is 4.79 Å². The molecule has 0 aliphatic rings. The third-order valence-corrected chi connectivity index (χ3v) is 2.39. The summed E-state index contributed by atoms with van der Waals surface area (Å²) in [6.07, 6.45) is 0. The number of nitrogens with two attached hydrogens (primary N) is 1. The first kappa shape index (κ1) is 11.2. The van der Waals surface area contributed by atoms with E-state index in [1.807, 2.05) is 12.1 Å². The molecule has 17 heavy (non-hydrogen) atoms. The number of Topliss-reactive ketones (excluding diaryl/α,β-unsaturated/α-hetero) is 1. The highest BCUT2D eigenvalue weighted by atomic mass is 16.5. The number of ketones is 1. The van der Waals surface area contributed by atoms with Gasteiger partial charge < -0.3 is 10.5 Å². The Morgan fingerprint density at radius 3 is 2.59 bits per heavy atom. The van der Waals surface area contributed by atoms with Crippen LogP contribution in [0.15, 0.2) is 48.5 Å². The number of rotatable bonds is 3. The highest BCUT2D eigenvalue weighted by Gasteiger charge is 2.04. The van der Waals surface area contributed by atoms with Crippen molar-refractivity contribution in [3.8, 4) is 11.5 Å². The van der Waals surface area contributed by atoms with Crippen molar-refractivity contribution >= 4 is 11.5 Å². The molecule has 0 radical (unpaired) electrons. The monoisotopic (exact) mass is 227 g/mol. The molecule has 0 unspecified atom stereocenters. The maximum atomic E-state index is 11.2. The van der Waals surface area contributed by atoms with Crippen molar-refractivity contribution in [2.45, 2.75) is 6.92 Å². The molecule has 0 saturated carbocycles. The first-order chi connectivity index (χ1) is 8.16. The van der Waals surface area contributed by atoms with Crippen LogP contribution in [0.5, 0.6) is 11.5 Å². The zero-order valence-corrected chi connectivity index (χ0v) is 9.51. The Morgan fingerprint density at radius 1 is 1.12 bits per heavy atom. The average Bonchev–Trinajstić information content (AvgIpc) is 2.32. The van der Waals surface area contributed by atoms with Crippen LogP contribution < -0.4 is 10.5 Å². The number of para-hydroxylation sites is 2. The Bertz CT molecular complexity index is 549. The number of hydrogen-bond acceptors (Lipinski definition) is 3. The fraction of sp³-hybridized carbons (Fsp3) is 0.0714. The first-order valence-corrected chi connectivity index (χ1v) is 5.30. The molecule has 0 saturated heterocycles. The standard InChI is InChI=1S/C14H13NO2/c1-10(16)11-5-4-6-12(9-11)17-14-8-3-2-7-13(14)15/h2-9H,15H2,1H3. The van der Waals surface area contributed by atoms with E-state index < -0.39 is 0 Å². The van der Waals surface area contributed by atoms with Crippen LogP contribution in [0.1, 0.15) is 17.3 Å². The molecule has 0 aliphatic carbocycles. The van der Waals surface area contributed by atoms with E-state index in [2.05, 4.69) is 0 Å². The molecule has 2 aromatic carbocycles. The van der Waals surface area contributed by atoms with Crippen LogP contribution >= 0.6 is 0 Å². The van der Waals surface area contributed by atoms with Crippen LogP contribution in [0.4, 0.5) is 5.69 Å². The molecular weight excluding hydrogens is 214 g/mol. The van der Waals surface area contributed by atoms with E-state index >= 15 is 0 Å². The molecule has 0 atom stereocenters. The largest absolute Gasteiger partial charge is 0.455 e. The second kappa shape index (κ2) is 4.70. The molecule has 86 valence electrons. The lowest BCUT2D eigenvalue weighted by Crippen LogP contribution is -1.94. The van der Waals surface area contributed by atoms with Crippen molar-refractivity contribution < 1.29 is 9.53 Å². The van der Waals surface area contributed by atoms with Gasteiger partial charge >= 0.3 is 0 Å². The van der Waals surface area contributed by atoms with Gasteiger partial charge in [0.1, 0.15) is 11.5 Å². The van der Waals surface area contributed by atoms with Crippen LogP contribution in [0.2, 0.25) is 0 Å². The van der Waals surface area contributed by atoms with Gasteiger partial charge in [0.25, 0.3) is 0 Å². The Hall–Kier alpha value is -2.29. The second-order valence-corrected chi connectivity index (χ2v) is 3.72. The SMILES string of the molecule is CC(=O)c1cccc(Oc2ccccc2N)c1. The number of carbonyl (C=O) groups is 1. The molecule has 0 amide bonds. The summed E-state index contributed by atoms with van der Waals surface area (Å²) in [5, 5.41) is 0. The molecule has 0 fully saturated rings. The van der Waals surface area contributed by atoms with Gasteiger partial charge in [0.15, 0.2) is 5.78 Å². The summed E-state index contributed by atoms with van der Waals surface area (Å²) in [6, 6.07) is 14.3. The van der Waals surface area contributed by atoms with Crippen LogP contribution in [0, 0.1) is 0 Å². The van der Waals surface area contributed by atoms with Gasteiger partial charge in [-0.2, -0.15) is 0 Å². The lowest BCUT2D eigenvalue weighted by Gasteiger charge is -2.08. The summed E-state index contributed by atoms with van der Waals surface area (Å²) >= 11 is 0. The summed E-state index contributed by atoms with van der Waals surface area (Å²) < 4.78 is 5.62. The summed E-state index contributed by atoms with van der Waals surface area (Å²) in [7, 11) is 0. The van der Waals surface area contributed by atoms with Gasteiger partial charge in [-0.25, -0.2) is 0 Å². The van der Waals surface area contributed by atoms with Gasteiger partial charge in [-0.1, -0.05) is 24.3 Å². The third kappa shape index (κ3) is 2.64. The van der Waals surface area contributed by atoms with E-state index in [1.165, 1.54) is 6.92 Å². The molecule has 0 bridgehead atoms. The van der Waals surface area contributed by atoms with Crippen molar-refractivity contribution in [3.05, 3.63) is 54.1 Å². The minimum absolute atomic E-state index is 0.0106. The second-order valence-electron chi connectivity index (χ2n) is 3.72. The molecular formula is C14H13NO2. The van der Waals surface area contributed by atoms with Gasteiger partial charge in [0, 0.05) is 5.56 Å². The first-order valence-electron chi connectivity index (χ1n) is 5.30. The van der Waals surface area contributed by atoms with Gasteiger partial charge in [-0.15, -0.1) is 0 Å². The Balaban J connectivity index is 2.28. The molecule has 3 nitrogen and oxygen atoms in total. The van der Waals surface area contributed by atoms with Crippen molar-refractivity contribution in [3.63, 3.8) is 0 Å². The van der Waals surface area contributed by atoms with Crippen LogP contribution in [0.25, 0.3) is 0 Å². The van der Waals surface area contributed by atoms with Gasteiger partial charge in [-0.05, 0) is 31.2 Å². The average molecular weight is 227 g/mol. The number of ether oxygens (including phenoxy) is 1. The van der Waals surface area contributed by atoms with E-state index in [4.69, 9.17) is 10.5 Å². The number of anilines is 1. The maximum absolute atomic E-state index is 11.2. The van der Waals surface area contributed by atoms with E-state index in [-0.39, 0.29) is 5.78 Å². The normalized spacial score (nSPS) is 9.94. The van der Waals surface area contributed by atoms with Crippen molar-refractivity contribution in [1.29, 1.82) is 0 Å². The molecule has 2 rings (SSSR count). The molecule has 3 heteroatoms. The fourth-order valence-electron chi connectivity index (χ4n) is 1.48. The van der Waals surface area contributed by atoms with Crippen LogP contribution in [-0.4, -0.2) is 5.78 Å². The van der Waals surface area contributed by atoms with E-state index in [9.17, 15) is 4.79 Å². The number of nitrogen functional groups attached to an aromatic ring is 1. The Kier molecular flexibility index (Phi) is 3.10. The van der Waals surface area contributed by atoms with E-state index in [0.717, 1.165) is 0 Å². The highest BCUT2D eigenvalue weighted by molar-refractivity contribution is 5.94. The quantitative estimate of drug-likeness (QED) is 0.646. The smallest absolute Gasteiger partial charge is 0.159 e. The summed E-state index contributed by atoms with van der Waals surface area (Å²) in [4.78, 5) is 11.2. The van der Waals surface area contributed by atoms with Gasteiger partial charge in [0.2, 0.25) is 0 Å². The fourth-order valence-corrected chi connectivity index (χ4v) is 1.48. The molecule has 0 aromatic heterocycles. The van der Waals surface area contributed by atoms with Crippen molar-refractivity contribution in [1.82, 2.24) is 0 Å². The predicted octanol–water partition coefficient (Wildman–Crippen LogP) is 3.26. The Morgan fingerprint density at radius 2 is 1.88 bits per heavy atom. The lowest BCUT2D eigenvalue weighted by molar-refractivity contribution is 0.101. The molecule has 2 aromatic rings. The molecule has 2 N–H and O–H groups in total. The predicted molar refractivity (Wildman–Crippen MR) is 67.4 cm³/mol. The summed E-state index contributed by atoms with van der Waals surface area (Å²) in [5.41, 5.74) is 6.97. The van der Waals surface area contributed by atoms with Crippen LogP contribution in [0.3, 0.4) is 0 Å². The summed E-state index contributed by atoms with van der Waals surface area (Å²) in [6.45, 7) is 1.52. The zero-order valence-electron chi connectivity index (χ0n) is 9.51. The van der Waals surface area contributed by atoms with Gasteiger partial charge in [0.05, 0.1) is 5.69 Å². The number of carbonyl (C=O) groups excluding carboxylic acids is 1. The minimum atomic E-state index is 0.0106. The van der Waals surface area contributed by atoms with Crippen molar-refractivity contribution in [2.24, 2.45) is 0 Å². The Labute approximate surface area is 99.8 Å². The summed E-state index contributed by atoms with van der Waals surface area (Å²) in [5.74, 6) is 1.21. The topological polar surface area (TPSA) is 52.3 Å². The number of hydrogen-bond donors (Lipinski definition) is 1. The highest BCUT2D eigenvalue weighted by Crippen LogP contribution is 2.27. The molecule has 0 spiro atoms. The zero-order chi connectivity index (χ0) is 12.3. The van der Waals surface area contributed by atoms with Crippen molar-refractivity contribution in [2.75, 3.05) is 5.73 Å². The third-order valence-electron chi connectivity index (χ3n) is 2.39. The minimum Gasteiger partial charge on any atom is -0.455 e.